The van der Waals surface area contributed by atoms with Crippen LogP contribution in [0.3, 0.4) is 0 Å². The zero-order chi connectivity index (χ0) is 21.8. The lowest BCUT2D eigenvalue weighted by Gasteiger charge is -2.13. The van der Waals surface area contributed by atoms with Gasteiger partial charge in [-0.15, -0.1) is 0 Å². The van der Waals surface area contributed by atoms with Gasteiger partial charge in [-0.25, -0.2) is 0 Å². The van der Waals surface area contributed by atoms with Gasteiger partial charge >= 0.3 is 0 Å². The highest BCUT2D eigenvalue weighted by molar-refractivity contribution is 5.73. The van der Waals surface area contributed by atoms with Gasteiger partial charge in [0.2, 0.25) is 11.4 Å². The minimum Gasteiger partial charge on any atom is -0.619 e. The first-order valence-electron chi connectivity index (χ1n) is 10.7. The molecule has 2 heterocycles. The van der Waals surface area contributed by atoms with Crippen LogP contribution >= 0.6 is 0 Å². The quantitative estimate of drug-likeness (QED) is 0.269. The van der Waals surface area contributed by atoms with Gasteiger partial charge in [-0.3, -0.25) is 0 Å². The summed E-state index contributed by atoms with van der Waals surface area (Å²) in [5.74, 6) is 0. The van der Waals surface area contributed by atoms with E-state index in [1.54, 1.807) is 12.4 Å². The highest BCUT2D eigenvalue weighted by atomic mass is 16.5. The van der Waals surface area contributed by atoms with E-state index in [-0.39, 0.29) is 0 Å². The fraction of sp³-hybridized carbons (Fsp3) is 0.0345. The van der Waals surface area contributed by atoms with Crippen LogP contribution < -0.4 is 9.30 Å². The Bertz CT molecular complexity index is 1260. The van der Waals surface area contributed by atoms with Crippen molar-refractivity contribution in [2.24, 2.45) is 0 Å². The maximum Gasteiger partial charge on any atom is 0.213 e. The first-order valence-corrected chi connectivity index (χ1v) is 10.7. The molecular weight excluding hydrogens is 392 g/mol. The first-order chi connectivity index (χ1) is 15.8. The molecule has 0 bridgehead atoms. The molecule has 154 valence electrons. The number of pyridine rings is 2. The second-order valence-electron chi connectivity index (χ2n) is 7.76. The maximum atomic E-state index is 11.6. The standard InChI is InChI=1S/C29H23N2O/c32-30-18-16-23(17-19-30)22-31-28(25-12-6-2-7-13-25)20-27(24-10-4-1-5-11-24)21-29(31)26-14-8-3-9-15-26/h1-21H,22H2/q+1. The van der Waals surface area contributed by atoms with Gasteiger partial charge in [-0.05, 0) is 35.4 Å². The zero-order valence-corrected chi connectivity index (χ0v) is 17.6. The van der Waals surface area contributed by atoms with E-state index < -0.39 is 0 Å². The fourth-order valence-corrected chi connectivity index (χ4v) is 4.02. The number of nitrogens with zero attached hydrogens (tertiary/aromatic N) is 2. The molecule has 5 rings (SSSR count). The van der Waals surface area contributed by atoms with Crippen LogP contribution in [0.2, 0.25) is 0 Å². The van der Waals surface area contributed by atoms with Crippen LogP contribution in [0, 0.1) is 5.21 Å². The second kappa shape index (κ2) is 8.86. The Morgan fingerprint density at radius 3 is 1.41 bits per heavy atom. The SMILES string of the molecule is [O-][n+]1ccc(C[n+]2c(-c3ccccc3)cc(-c3ccccc3)cc2-c2ccccc2)cc1. The Hall–Kier alpha value is -4.24. The van der Waals surface area contributed by atoms with Crippen molar-refractivity contribution in [1.82, 2.24) is 0 Å². The number of benzene rings is 3. The molecule has 3 nitrogen and oxygen atoms in total. The van der Waals surface area contributed by atoms with Gasteiger partial charge < -0.3 is 5.21 Å². The predicted octanol–water partition coefficient (Wildman–Crippen LogP) is 5.66. The number of aromatic nitrogens is 2. The third-order valence-corrected chi connectivity index (χ3v) is 5.62. The third-order valence-electron chi connectivity index (χ3n) is 5.62. The van der Waals surface area contributed by atoms with Gasteiger partial charge in [-0.2, -0.15) is 9.30 Å². The Morgan fingerprint density at radius 2 is 0.938 bits per heavy atom. The van der Waals surface area contributed by atoms with E-state index in [1.807, 2.05) is 30.3 Å². The van der Waals surface area contributed by atoms with Gasteiger partial charge in [0.25, 0.3) is 0 Å². The molecule has 0 atom stereocenters. The third kappa shape index (κ3) is 4.14. The summed E-state index contributed by atoms with van der Waals surface area (Å²) < 4.78 is 3.16. The Balaban J connectivity index is 1.78. The number of rotatable bonds is 5. The molecule has 3 aromatic carbocycles. The second-order valence-corrected chi connectivity index (χ2v) is 7.76. The minimum absolute atomic E-state index is 0.657. The van der Waals surface area contributed by atoms with E-state index in [9.17, 15) is 5.21 Å². The van der Waals surface area contributed by atoms with Gasteiger partial charge in [0.05, 0.1) is 0 Å². The topological polar surface area (TPSA) is 30.8 Å². The summed E-state index contributed by atoms with van der Waals surface area (Å²) in [4.78, 5) is 0. The molecule has 0 unspecified atom stereocenters. The molecule has 0 fully saturated rings. The largest absolute Gasteiger partial charge is 0.619 e. The van der Waals surface area contributed by atoms with Crippen LogP contribution in [0.4, 0.5) is 0 Å². The van der Waals surface area contributed by atoms with Crippen LogP contribution in [0.5, 0.6) is 0 Å². The van der Waals surface area contributed by atoms with Crippen LogP contribution in [-0.4, -0.2) is 0 Å². The van der Waals surface area contributed by atoms with E-state index in [4.69, 9.17) is 0 Å². The smallest absolute Gasteiger partial charge is 0.213 e. The monoisotopic (exact) mass is 415 g/mol. The summed E-state index contributed by atoms with van der Waals surface area (Å²) >= 11 is 0. The minimum atomic E-state index is 0.657. The molecule has 0 amide bonds. The molecule has 32 heavy (non-hydrogen) atoms. The Morgan fingerprint density at radius 1 is 0.500 bits per heavy atom. The van der Waals surface area contributed by atoms with Crippen LogP contribution in [0.25, 0.3) is 33.6 Å². The number of hydrogen-bond acceptors (Lipinski definition) is 1. The molecule has 0 saturated carbocycles. The van der Waals surface area contributed by atoms with E-state index in [0.717, 1.165) is 32.8 Å². The van der Waals surface area contributed by atoms with Gasteiger partial charge in [-0.1, -0.05) is 66.7 Å². The molecule has 0 radical (unpaired) electrons. The summed E-state index contributed by atoms with van der Waals surface area (Å²) in [6.07, 6.45) is 3.11. The molecule has 0 N–H and O–H groups in total. The molecule has 0 saturated heterocycles. The average Bonchev–Trinajstić information content (AvgIpc) is 2.87. The summed E-state index contributed by atoms with van der Waals surface area (Å²) in [5.41, 5.74) is 7.99. The van der Waals surface area contributed by atoms with Crippen molar-refractivity contribution in [3.63, 3.8) is 0 Å². The van der Waals surface area contributed by atoms with Crippen molar-refractivity contribution >= 4 is 0 Å². The predicted molar refractivity (Wildman–Crippen MR) is 127 cm³/mol. The summed E-state index contributed by atoms with van der Waals surface area (Å²) in [6.45, 7) is 0.657. The van der Waals surface area contributed by atoms with Gasteiger partial charge in [0.15, 0.2) is 18.9 Å². The van der Waals surface area contributed by atoms with Crippen molar-refractivity contribution in [1.29, 1.82) is 0 Å². The van der Waals surface area contributed by atoms with Crippen molar-refractivity contribution in [2.45, 2.75) is 6.54 Å². The Labute approximate surface area is 188 Å². The van der Waals surface area contributed by atoms with Crippen molar-refractivity contribution < 1.29 is 9.30 Å². The molecular formula is C29H23N2O+. The van der Waals surface area contributed by atoms with E-state index >= 15 is 0 Å². The van der Waals surface area contributed by atoms with E-state index in [0.29, 0.717) is 6.54 Å². The van der Waals surface area contributed by atoms with Crippen LogP contribution in [0.1, 0.15) is 5.56 Å². The van der Waals surface area contributed by atoms with Gasteiger partial charge in [0, 0.05) is 41.0 Å². The summed E-state index contributed by atoms with van der Waals surface area (Å²) in [5, 5.41) is 11.6. The van der Waals surface area contributed by atoms with Crippen molar-refractivity contribution in [2.75, 3.05) is 0 Å². The number of hydrogen-bond donors (Lipinski definition) is 0. The summed E-state index contributed by atoms with van der Waals surface area (Å²) in [6, 6.07) is 39.7. The highest BCUT2D eigenvalue weighted by Crippen LogP contribution is 2.29. The normalized spacial score (nSPS) is 10.8. The van der Waals surface area contributed by atoms with Crippen LogP contribution in [-0.2, 0) is 6.54 Å². The highest BCUT2D eigenvalue weighted by Gasteiger charge is 2.23. The molecule has 0 aliphatic carbocycles. The van der Waals surface area contributed by atoms with Crippen molar-refractivity contribution in [3.05, 3.63) is 138 Å². The molecule has 2 aromatic heterocycles. The van der Waals surface area contributed by atoms with Crippen LogP contribution in [0.15, 0.2) is 128 Å². The molecule has 0 spiro atoms. The fourth-order valence-electron chi connectivity index (χ4n) is 4.02. The van der Waals surface area contributed by atoms with Crippen molar-refractivity contribution in [3.8, 4) is 33.6 Å². The summed E-state index contributed by atoms with van der Waals surface area (Å²) in [7, 11) is 0. The molecule has 5 aromatic rings. The first kappa shape index (κ1) is 19.7. The average molecular weight is 416 g/mol. The molecule has 0 aliphatic rings. The molecule has 3 heteroatoms. The molecule has 0 aliphatic heterocycles. The lowest BCUT2D eigenvalue weighted by atomic mass is 9.98. The maximum absolute atomic E-state index is 11.6. The van der Waals surface area contributed by atoms with E-state index in [2.05, 4.69) is 89.5 Å². The lowest BCUT2D eigenvalue weighted by Crippen LogP contribution is -2.40. The van der Waals surface area contributed by atoms with E-state index in [1.165, 1.54) is 11.1 Å². The lowest BCUT2D eigenvalue weighted by molar-refractivity contribution is -0.667. The Kier molecular flexibility index (Phi) is 5.46. The zero-order valence-electron chi connectivity index (χ0n) is 17.6. The van der Waals surface area contributed by atoms with Gasteiger partial charge in [0.1, 0.15) is 0 Å².